The van der Waals surface area contributed by atoms with Crippen LogP contribution in [0.25, 0.3) is 21.7 Å². The molecule has 5 aromatic rings. The molecular formula is C30H24ClFN2O. The second-order valence-corrected chi connectivity index (χ2v) is 9.65. The minimum atomic E-state index is -0.571. The molecule has 1 saturated heterocycles. The van der Waals surface area contributed by atoms with E-state index in [1.165, 1.54) is 44.9 Å². The molecule has 1 amide bonds. The summed E-state index contributed by atoms with van der Waals surface area (Å²) < 4.78 is 16.7. The summed E-state index contributed by atoms with van der Waals surface area (Å²) in [6, 6.07) is 27.8. The Kier molecular flexibility index (Phi) is 5.54. The van der Waals surface area contributed by atoms with E-state index < -0.39 is 5.82 Å². The first-order chi connectivity index (χ1) is 17.1. The summed E-state index contributed by atoms with van der Waals surface area (Å²) in [5.74, 6) is -0.722. The zero-order chi connectivity index (χ0) is 23.9. The van der Waals surface area contributed by atoms with Gasteiger partial charge in [0.15, 0.2) is 0 Å². The fraction of sp³-hybridized carbons (Fsp3) is 0.167. The van der Waals surface area contributed by atoms with Crippen LogP contribution < -0.4 is 0 Å². The lowest BCUT2D eigenvalue weighted by atomic mass is 9.98. The average molecular weight is 483 g/mol. The lowest BCUT2D eigenvalue weighted by Gasteiger charge is -2.17. The van der Waals surface area contributed by atoms with Crippen molar-refractivity contribution >= 4 is 39.2 Å². The van der Waals surface area contributed by atoms with Crippen molar-refractivity contribution in [3.05, 3.63) is 119 Å². The Morgan fingerprint density at radius 3 is 2.60 bits per heavy atom. The summed E-state index contributed by atoms with van der Waals surface area (Å²) in [5.41, 5.74) is 3.62. The zero-order valence-electron chi connectivity index (χ0n) is 19.1. The van der Waals surface area contributed by atoms with E-state index in [9.17, 15) is 9.18 Å². The predicted molar refractivity (Wildman–Crippen MR) is 140 cm³/mol. The van der Waals surface area contributed by atoms with Gasteiger partial charge in [-0.1, -0.05) is 72.3 Å². The predicted octanol–water partition coefficient (Wildman–Crippen LogP) is 7.27. The number of carbonyl (C=O) groups is 1. The van der Waals surface area contributed by atoms with E-state index in [0.29, 0.717) is 13.1 Å². The van der Waals surface area contributed by atoms with Gasteiger partial charge >= 0.3 is 0 Å². The Labute approximate surface area is 208 Å². The molecule has 2 heterocycles. The molecule has 0 spiro atoms. The number of amides is 1. The molecule has 0 aliphatic carbocycles. The maximum Gasteiger partial charge on any atom is 0.258 e. The van der Waals surface area contributed by atoms with Gasteiger partial charge in [-0.2, -0.15) is 0 Å². The monoisotopic (exact) mass is 482 g/mol. The first-order valence-electron chi connectivity index (χ1n) is 11.9. The molecule has 1 atom stereocenters. The number of halogens is 2. The molecule has 3 nitrogen and oxygen atoms in total. The topological polar surface area (TPSA) is 25.2 Å². The van der Waals surface area contributed by atoms with Crippen LogP contribution in [0.1, 0.15) is 33.8 Å². The summed E-state index contributed by atoms with van der Waals surface area (Å²) in [6.07, 6.45) is 3.07. The highest BCUT2D eigenvalue weighted by molar-refractivity contribution is 6.33. The summed E-state index contributed by atoms with van der Waals surface area (Å²) in [5, 5.41) is 3.83. The third kappa shape index (κ3) is 3.98. The molecule has 5 heteroatoms. The Bertz CT molecular complexity index is 1550. The SMILES string of the molecule is O=C(c1c(F)cccc1Cl)N1CCC(c2cn(Cc3ccc4ccccc4c3)c3ccccc23)C1. The highest BCUT2D eigenvalue weighted by Crippen LogP contribution is 2.35. The van der Waals surface area contributed by atoms with E-state index in [1.807, 2.05) is 0 Å². The normalized spacial score (nSPS) is 15.8. The Balaban J connectivity index is 1.30. The van der Waals surface area contributed by atoms with Gasteiger partial charge in [0.25, 0.3) is 5.91 Å². The second kappa shape index (κ2) is 8.86. The molecule has 1 aliphatic rings. The van der Waals surface area contributed by atoms with Crippen molar-refractivity contribution in [1.29, 1.82) is 0 Å². The van der Waals surface area contributed by atoms with Gasteiger partial charge in [-0.05, 0) is 52.6 Å². The van der Waals surface area contributed by atoms with Gasteiger partial charge in [0.2, 0.25) is 0 Å². The third-order valence-corrected chi connectivity index (χ3v) is 7.39. The highest BCUT2D eigenvalue weighted by Gasteiger charge is 2.32. The minimum absolute atomic E-state index is 0.0338. The van der Waals surface area contributed by atoms with Crippen LogP contribution in [0.4, 0.5) is 4.39 Å². The van der Waals surface area contributed by atoms with Crippen LogP contribution >= 0.6 is 11.6 Å². The first-order valence-corrected chi connectivity index (χ1v) is 12.2. The van der Waals surface area contributed by atoms with Gasteiger partial charge in [0, 0.05) is 42.7 Å². The number of carbonyl (C=O) groups excluding carboxylic acids is 1. The zero-order valence-corrected chi connectivity index (χ0v) is 19.9. The number of para-hydroxylation sites is 1. The van der Waals surface area contributed by atoms with Crippen LogP contribution in [0.3, 0.4) is 0 Å². The van der Waals surface area contributed by atoms with Crippen LogP contribution in [-0.4, -0.2) is 28.5 Å². The lowest BCUT2D eigenvalue weighted by molar-refractivity contribution is 0.0786. The molecule has 174 valence electrons. The standard InChI is InChI=1S/C30H24ClFN2O/c31-26-9-5-10-27(32)29(26)30(35)33-15-14-23(18-33)25-19-34(28-11-4-3-8-24(25)28)17-20-12-13-21-6-1-2-7-22(21)16-20/h1-13,16,19,23H,14-15,17-18H2. The first kappa shape index (κ1) is 21.9. The van der Waals surface area contributed by atoms with Crippen molar-refractivity contribution in [2.24, 2.45) is 0 Å². The maximum atomic E-state index is 14.4. The number of likely N-dealkylation sites (tertiary alicyclic amines) is 1. The van der Waals surface area contributed by atoms with Gasteiger partial charge in [0.05, 0.1) is 10.6 Å². The number of benzene rings is 4. The van der Waals surface area contributed by atoms with Crippen molar-refractivity contribution in [3.8, 4) is 0 Å². The van der Waals surface area contributed by atoms with Gasteiger partial charge in [-0.3, -0.25) is 4.79 Å². The van der Waals surface area contributed by atoms with Crippen molar-refractivity contribution in [2.75, 3.05) is 13.1 Å². The van der Waals surface area contributed by atoms with E-state index in [0.717, 1.165) is 13.0 Å². The van der Waals surface area contributed by atoms with Crippen molar-refractivity contribution in [3.63, 3.8) is 0 Å². The van der Waals surface area contributed by atoms with E-state index in [4.69, 9.17) is 11.6 Å². The number of hydrogen-bond acceptors (Lipinski definition) is 1. The molecule has 35 heavy (non-hydrogen) atoms. The smallest absolute Gasteiger partial charge is 0.258 e. The Hall–Kier alpha value is -3.63. The second-order valence-electron chi connectivity index (χ2n) is 9.24. The van der Waals surface area contributed by atoms with Crippen LogP contribution in [0.15, 0.2) is 91.1 Å². The molecule has 1 aromatic heterocycles. The van der Waals surface area contributed by atoms with E-state index >= 15 is 0 Å². The summed E-state index contributed by atoms with van der Waals surface area (Å²) in [7, 11) is 0. The fourth-order valence-electron chi connectivity index (χ4n) is 5.32. The number of aromatic nitrogens is 1. The van der Waals surface area contributed by atoms with Gasteiger partial charge in [0.1, 0.15) is 5.82 Å². The highest BCUT2D eigenvalue weighted by atomic mass is 35.5. The lowest BCUT2D eigenvalue weighted by Crippen LogP contribution is -2.29. The molecule has 0 radical (unpaired) electrons. The molecule has 0 bridgehead atoms. The molecule has 1 unspecified atom stereocenters. The maximum absolute atomic E-state index is 14.4. The number of nitrogens with zero attached hydrogens (tertiary/aromatic N) is 2. The fourth-order valence-corrected chi connectivity index (χ4v) is 5.57. The largest absolute Gasteiger partial charge is 0.343 e. The van der Waals surface area contributed by atoms with Crippen LogP contribution in [-0.2, 0) is 6.54 Å². The average Bonchev–Trinajstić information content (AvgIpc) is 3.49. The van der Waals surface area contributed by atoms with Gasteiger partial charge < -0.3 is 9.47 Å². The van der Waals surface area contributed by atoms with Gasteiger partial charge in [-0.25, -0.2) is 4.39 Å². The van der Waals surface area contributed by atoms with E-state index in [1.54, 1.807) is 11.0 Å². The van der Waals surface area contributed by atoms with Gasteiger partial charge in [-0.15, -0.1) is 0 Å². The molecule has 6 rings (SSSR count). The number of fused-ring (bicyclic) bond motifs is 2. The summed E-state index contributed by atoms with van der Waals surface area (Å²) in [4.78, 5) is 14.8. The van der Waals surface area contributed by atoms with Crippen LogP contribution in [0.2, 0.25) is 5.02 Å². The Morgan fingerprint density at radius 1 is 0.943 bits per heavy atom. The quantitative estimate of drug-likeness (QED) is 0.264. The van der Waals surface area contributed by atoms with Crippen LogP contribution in [0, 0.1) is 5.82 Å². The molecular weight excluding hydrogens is 459 g/mol. The van der Waals surface area contributed by atoms with Crippen molar-refractivity contribution < 1.29 is 9.18 Å². The number of hydrogen-bond donors (Lipinski definition) is 0. The summed E-state index contributed by atoms with van der Waals surface area (Å²) >= 11 is 6.16. The third-order valence-electron chi connectivity index (χ3n) is 7.08. The van der Waals surface area contributed by atoms with E-state index in [2.05, 4.69) is 77.5 Å². The van der Waals surface area contributed by atoms with Crippen molar-refractivity contribution in [2.45, 2.75) is 18.9 Å². The number of rotatable bonds is 4. The molecule has 0 N–H and O–H groups in total. The molecule has 4 aromatic carbocycles. The van der Waals surface area contributed by atoms with Crippen LogP contribution in [0.5, 0.6) is 0 Å². The molecule has 1 aliphatic heterocycles. The summed E-state index contributed by atoms with van der Waals surface area (Å²) in [6.45, 7) is 1.90. The molecule has 1 fully saturated rings. The molecule has 0 saturated carbocycles. The minimum Gasteiger partial charge on any atom is -0.343 e. The van der Waals surface area contributed by atoms with Crippen molar-refractivity contribution in [1.82, 2.24) is 9.47 Å². The van der Waals surface area contributed by atoms with E-state index in [-0.39, 0.29) is 22.4 Å². The Morgan fingerprint density at radius 2 is 1.74 bits per heavy atom.